The third-order valence-electron chi connectivity index (χ3n) is 6.05. The zero-order chi connectivity index (χ0) is 15.7. The van der Waals surface area contributed by atoms with Gasteiger partial charge in [0.25, 0.3) is 0 Å². The lowest BCUT2D eigenvalue weighted by atomic mass is 9.74. The third-order valence-corrected chi connectivity index (χ3v) is 6.05. The molecule has 0 radical (unpaired) electrons. The van der Waals surface area contributed by atoms with Crippen LogP contribution in [0.25, 0.3) is 0 Å². The minimum Gasteiger partial charge on any atom is -0.458 e. The van der Waals surface area contributed by atoms with Crippen LogP contribution in [0, 0.1) is 11.8 Å². The Bertz CT molecular complexity index is 784. The monoisotopic (exact) mass is 325 g/mol. The highest BCUT2D eigenvalue weighted by Crippen LogP contribution is 2.49. The molecular weight excluding hydrogens is 306 g/mol. The zero-order valence-corrected chi connectivity index (χ0v) is 13.4. The Morgan fingerprint density at radius 1 is 1.00 bits per heavy atom. The second-order valence-corrected chi connectivity index (χ2v) is 7.17. The molecule has 5 nitrogen and oxygen atoms in total. The van der Waals surface area contributed by atoms with Crippen LogP contribution in [0.15, 0.2) is 35.8 Å². The Labute approximate surface area is 140 Å². The molecule has 0 saturated carbocycles. The van der Waals surface area contributed by atoms with Crippen LogP contribution in [0.1, 0.15) is 23.6 Å². The standard InChI is InChI=1S/C19H19NO4/c1-2-16-19(24-10-21-16)14-8-20-4-3-12-6-17-18(23-9-22-17)7-13(12)15(20)5-11(1)14/h1-2,6-7,11,14-15H,3-5,8-10H2/t11?,14?,15-/m1/s1. The van der Waals surface area contributed by atoms with Gasteiger partial charge in [0.2, 0.25) is 13.6 Å². The van der Waals surface area contributed by atoms with Gasteiger partial charge in [-0.1, -0.05) is 6.08 Å². The second-order valence-electron chi connectivity index (χ2n) is 7.17. The number of nitrogens with zero attached hydrogens (tertiary/aromatic N) is 1. The summed E-state index contributed by atoms with van der Waals surface area (Å²) < 4.78 is 22.5. The van der Waals surface area contributed by atoms with Gasteiger partial charge >= 0.3 is 0 Å². The summed E-state index contributed by atoms with van der Waals surface area (Å²) in [4.78, 5) is 2.61. The summed E-state index contributed by atoms with van der Waals surface area (Å²) in [5.74, 6) is 4.75. The number of rotatable bonds is 0. The van der Waals surface area contributed by atoms with Gasteiger partial charge in [0, 0.05) is 25.0 Å². The van der Waals surface area contributed by atoms with Crippen LogP contribution in [0.5, 0.6) is 11.5 Å². The van der Waals surface area contributed by atoms with E-state index >= 15 is 0 Å². The molecule has 4 heterocycles. The molecule has 3 atom stereocenters. The molecule has 0 bridgehead atoms. The molecule has 0 amide bonds. The van der Waals surface area contributed by atoms with Gasteiger partial charge in [-0.15, -0.1) is 0 Å². The normalized spacial score (nSPS) is 32.4. The van der Waals surface area contributed by atoms with Crippen LogP contribution < -0.4 is 9.47 Å². The molecule has 124 valence electrons. The molecule has 6 rings (SSSR count). The van der Waals surface area contributed by atoms with E-state index in [0.29, 0.717) is 31.5 Å². The summed E-state index contributed by atoms with van der Waals surface area (Å²) in [6, 6.07) is 4.85. The predicted molar refractivity (Wildman–Crippen MR) is 85.4 cm³/mol. The highest BCUT2D eigenvalue weighted by molar-refractivity contribution is 5.51. The molecule has 1 aliphatic carbocycles. The largest absolute Gasteiger partial charge is 0.458 e. The smallest absolute Gasteiger partial charge is 0.231 e. The fourth-order valence-electron chi connectivity index (χ4n) is 4.87. The molecule has 1 saturated heterocycles. The van der Waals surface area contributed by atoms with E-state index in [1.54, 1.807) is 0 Å². The number of hydrogen-bond acceptors (Lipinski definition) is 5. The quantitative estimate of drug-likeness (QED) is 0.733. The van der Waals surface area contributed by atoms with Gasteiger partial charge in [0.1, 0.15) is 5.76 Å². The summed E-state index contributed by atoms with van der Waals surface area (Å²) in [6.07, 6.45) is 6.60. The van der Waals surface area contributed by atoms with Gasteiger partial charge in [-0.2, -0.15) is 0 Å². The first-order valence-corrected chi connectivity index (χ1v) is 8.71. The van der Waals surface area contributed by atoms with E-state index in [1.807, 2.05) is 0 Å². The van der Waals surface area contributed by atoms with Crippen LogP contribution in [-0.4, -0.2) is 31.6 Å². The molecule has 0 aromatic heterocycles. The summed E-state index contributed by atoms with van der Waals surface area (Å²) in [5.41, 5.74) is 2.83. The highest BCUT2D eigenvalue weighted by atomic mass is 16.7. The highest BCUT2D eigenvalue weighted by Gasteiger charge is 2.43. The number of hydrogen-bond donors (Lipinski definition) is 0. The number of benzene rings is 1. The van der Waals surface area contributed by atoms with Gasteiger partial charge in [0.15, 0.2) is 17.3 Å². The Morgan fingerprint density at radius 3 is 2.83 bits per heavy atom. The topological polar surface area (TPSA) is 40.2 Å². The van der Waals surface area contributed by atoms with Gasteiger partial charge < -0.3 is 18.9 Å². The van der Waals surface area contributed by atoms with Crippen molar-refractivity contribution in [2.45, 2.75) is 18.9 Å². The maximum absolute atomic E-state index is 5.78. The third kappa shape index (κ3) is 1.73. The van der Waals surface area contributed by atoms with E-state index in [9.17, 15) is 0 Å². The molecule has 0 spiro atoms. The van der Waals surface area contributed by atoms with Crippen molar-refractivity contribution in [1.82, 2.24) is 4.90 Å². The van der Waals surface area contributed by atoms with Crippen molar-refractivity contribution in [3.63, 3.8) is 0 Å². The van der Waals surface area contributed by atoms with Crippen molar-refractivity contribution < 1.29 is 18.9 Å². The SMILES string of the molecule is C1=CC2C[C@@H]3c4cc5c(cc4CCN3CC2C2=C1OCO2)OCO5. The summed E-state index contributed by atoms with van der Waals surface area (Å²) >= 11 is 0. The molecule has 1 fully saturated rings. The lowest BCUT2D eigenvalue weighted by Crippen LogP contribution is -2.46. The van der Waals surface area contributed by atoms with Crippen LogP contribution >= 0.6 is 0 Å². The first kappa shape index (κ1) is 13.2. The van der Waals surface area contributed by atoms with Crippen molar-refractivity contribution in [2.24, 2.45) is 11.8 Å². The summed E-state index contributed by atoms with van der Waals surface area (Å²) in [7, 11) is 0. The van der Waals surface area contributed by atoms with E-state index < -0.39 is 0 Å². The molecule has 24 heavy (non-hydrogen) atoms. The predicted octanol–water partition coefficient (Wildman–Crippen LogP) is 2.74. The average Bonchev–Trinajstić information content (AvgIpc) is 3.26. The molecular formula is C19H19NO4. The van der Waals surface area contributed by atoms with E-state index in [2.05, 4.69) is 29.2 Å². The lowest BCUT2D eigenvalue weighted by molar-refractivity contribution is 0.0336. The van der Waals surface area contributed by atoms with Crippen LogP contribution in [-0.2, 0) is 15.9 Å². The molecule has 5 heteroatoms. The number of ether oxygens (including phenoxy) is 4. The van der Waals surface area contributed by atoms with Gasteiger partial charge in [0.05, 0.1) is 0 Å². The van der Waals surface area contributed by atoms with E-state index in [1.165, 1.54) is 11.1 Å². The molecule has 5 aliphatic rings. The molecule has 2 unspecified atom stereocenters. The first-order valence-electron chi connectivity index (χ1n) is 8.71. The Balaban J connectivity index is 1.37. The fraction of sp³-hybridized carbons (Fsp3) is 0.474. The minimum atomic E-state index is 0.342. The van der Waals surface area contributed by atoms with E-state index in [4.69, 9.17) is 18.9 Å². The zero-order valence-electron chi connectivity index (χ0n) is 13.4. The van der Waals surface area contributed by atoms with Gasteiger partial charge in [-0.3, -0.25) is 4.90 Å². The maximum Gasteiger partial charge on any atom is 0.231 e. The number of fused-ring (bicyclic) bond motifs is 6. The number of piperidine rings is 1. The second kappa shape index (κ2) is 4.70. The van der Waals surface area contributed by atoms with E-state index in [-0.39, 0.29) is 0 Å². The molecule has 4 aliphatic heterocycles. The number of allylic oxidation sites excluding steroid dienone is 2. The summed E-state index contributed by atoms with van der Waals surface area (Å²) in [6.45, 7) is 2.84. The van der Waals surface area contributed by atoms with Gasteiger partial charge in [-0.25, -0.2) is 0 Å². The molecule has 1 aromatic carbocycles. The maximum atomic E-state index is 5.78. The molecule has 0 N–H and O–H groups in total. The van der Waals surface area contributed by atoms with Crippen molar-refractivity contribution in [3.05, 3.63) is 46.9 Å². The van der Waals surface area contributed by atoms with Crippen LogP contribution in [0.3, 0.4) is 0 Å². The van der Waals surface area contributed by atoms with Crippen molar-refractivity contribution in [3.8, 4) is 11.5 Å². The van der Waals surface area contributed by atoms with Crippen molar-refractivity contribution >= 4 is 0 Å². The first-order chi connectivity index (χ1) is 11.9. The fourth-order valence-corrected chi connectivity index (χ4v) is 4.87. The average molecular weight is 325 g/mol. The Morgan fingerprint density at radius 2 is 1.88 bits per heavy atom. The Kier molecular flexibility index (Phi) is 2.58. The van der Waals surface area contributed by atoms with E-state index in [0.717, 1.165) is 48.9 Å². The minimum absolute atomic E-state index is 0.342. The van der Waals surface area contributed by atoms with Crippen molar-refractivity contribution in [2.75, 3.05) is 26.7 Å². The summed E-state index contributed by atoms with van der Waals surface area (Å²) in [5, 5.41) is 0. The Hall–Kier alpha value is -2.14. The van der Waals surface area contributed by atoms with Crippen LogP contribution in [0.4, 0.5) is 0 Å². The molecule has 1 aromatic rings. The lowest BCUT2D eigenvalue weighted by Gasteiger charge is -2.47. The van der Waals surface area contributed by atoms with Crippen LogP contribution in [0.2, 0.25) is 0 Å². The van der Waals surface area contributed by atoms with Crippen molar-refractivity contribution in [1.29, 1.82) is 0 Å². The van der Waals surface area contributed by atoms with Gasteiger partial charge in [-0.05, 0) is 48.1 Å².